The van der Waals surface area contributed by atoms with E-state index in [0.29, 0.717) is 12.6 Å². The van der Waals surface area contributed by atoms with Gasteiger partial charge in [0.15, 0.2) is 0 Å². The van der Waals surface area contributed by atoms with Gasteiger partial charge in [0, 0.05) is 6.04 Å². The molecule has 11 heavy (non-hydrogen) atoms. The molecule has 0 aromatic rings. The molecule has 2 N–H and O–H groups in total. The monoisotopic (exact) mass is 156 g/mol. The molecular weight excluding hydrogens is 140 g/mol. The first-order valence-electron chi connectivity index (χ1n) is 4.22. The van der Waals surface area contributed by atoms with E-state index in [1.54, 1.807) is 0 Å². The average Bonchev–Trinajstić information content (AvgIpc) is 1.93. The van der Waals surface area contributed by atoms with Gasteiger partial charge in [0.1, 0.15) is 0 Å². The number of likely N-dealkylation sites (tertiary alicyclic amines) is 1. The Hall–Kier alpha value is -0.570. The largest absolute Gasteiger partial charge is 0.369 e. The molecule has 1 amide bonds. The zero-order valence-electron chi connectivity index (χ0n) is 7.05. The molecule has 0 aliphatic carbocycles. The number of amides is 1. The van der Waals surface area contributed by atoms with Crippen LogP contribution in [0.4, 0.5) is 0 Å². The van der Waals surface area contributed by atoms with Crippen LogP contribution in [0.25, 0.3) is 0 Å². The lowest BCUT2D eigenvalue weighted by molar-refractivity contribution is -0.119. The predicted octanol–water partition coefficient (Wildman–Crippen LogP) is 0.346. The topological polar surface area (TPSA) is 46.3 Å². The molecule has 1 heterocycles. The molecule has 1 aliphatic heterocycles. The van der Waals surface area contributed by atoms with Gasteiger partial charge in [-0.25, -0.2) is 0 Å². The molecule has 0 bridgehead atoms. The van der Waals surface area contributed by atoms with Crippen LogP contribution in [-0.4, -0.2) is 29.9 Å². The number of rotatable bonds is 2. The highest BCUT2D eigenvalue weighted by Crippen LogP contribution is 2.15. The Morgan fingerprint density at radius 3 is 2.91 bits per heavy atom. The van der Waals surface area contributed by atoms with Crippen molar-refractivity contribution in [3.05, 3.63) is 0 Å². The maximum absolute atomic E-state index is 10.6. The highest BCUT2D eigenvalue weighted by molar-refractivity contribution is 5.75. The molecule has 1 fully saturated rings. The highest BCUT2D eigenvalue weighted by Gasteiger charge is 2.18. The molecule has 64 valence electrons. The highest BCUT2D eigenvalue weighted by atomic mass is 16.1. The third-order valence-electron chi connectivity index (χ3n) is 2.30. The van der Waals surface area contributed by atoms with Gasteiger partial charge >= 0.3 is 0 Å². The zero-order valence-corrected chi connectivity index (χ0v) is 7.05. The molecular formula is C8H16N2O. The van der Waals surface area contributed by atoms with Crippen molar-refractivity contribution >= 4 is 5.91 Å². The van der Waals surface area contributed by atoms with E-state index in [1.807, 2.05) is 0 Å². The number of hydrogen-bond acceptors (Lipinski definition) is 2. The molecule has 0 radical (unpaired) electrons. The van der Waals surface area contributed by atoms with E-state index in [9.17, 15) is 4.79 Å². The molecule has 0 aromatic heterocycles. The maximum atomic E-state index is 10.6. The molecule has 0 saturated carbocycles. The van der Waals surface area contributed by atoms with Crippen molar-refractivity contribution in [2.45, 2.75) is 32.2 Å². The second-order valence-corrected chi connectivity index (χ2v) is 3.28. The van der Waals surface area contributed by atoms with Gasteiger partial charge in [0.2, 0.25) is 5.91 Å². The second-order valence-electron chi connectivity index (χ2n) is 3.28. The smallest absolute Gasteiger partial charge is 0.231 e. The van der Waals surface area contributed by atoms with Gasteiger partial charge in [0.25, 0.3) is 0 Å². The molecule has 1 rings (SSSR count). The summed E-state index contributed by atoms with van der Waals surface area (Å²) in [7, 11) is 0. The van der Waals surface area contributed by atoms with Crippen LogP contribution >= 0.6 is 0 Å². The maximum Gasteiger partial charge on any atom is 0.231 e. The minimum absolute atomic E-state index is 0.209. The summed E-state index contributed by atoms with van der Waals surface area (Å²) in [4.78, 5) is 12.8. The summed E-state index contributed by atoms with van der Waals surface area (Å²) in [5.41, 5.74) is 5.10. The van der Waals surface area contributed by atoms with Crippen LogP contribution < -0.4 is 5.73 Å². The van der Waals surface area contributed by atoms with Gasteiger partial charge < -0.3 is 5.73 Å². The van der Waals surface area contributed by atoms with Crippen molar-refractivity contribution in [2.75, 3.05) is 13.1 Å². The van der Waals surface area contributed by atoms with Crippen LogP contribution in [0.3, 0.4) is 0 Å². The van der Waals surface area contributed by atoms with Crippen LogP contribution in [0.2, 0.25) is 0 Å². The standard InChI is InChI=1S/C8H16N2O/c1-7-4-2-3-5-10(7)6-8(9)11/h7H,2-6H2,1H3,(H2,9,11). The third-order valence-corrected chi connectivity index (χ3v) is 2.30. The van der Waals surface area contributed by atoms with Crippen molar-refractivity contribution in [1.82, 2.24) is 4.90 Å². The number of hydrogen-bond donors (Lipinski definition) is 1. The first-order chi connectivity index (χ1) is 5.20. The van der Waals surface area contributed by atoms with E-state index in [-0.39, 0.29) is 5.91 Å². The molecule has 0 spiro atoms. The lowest BCUT2D eigenvalue weighted by Gasteiger charge is -2.31. The fourth-order valence-electron chi connectivity index (χ4n) is 1.59. The summed E-state index contributed by atoms with van der Waals surface area (Å²) in [6.45, 7) is 3.62. The van der Waals surface area contributed by atoms with Crippen molar-refractivity contribution in [1.29, 1.82) is 0 Å². The molecule has 3 heteroatoms. The number of nitrogens with two attached hydrogens (primary N) is 1. The van der Waals surface area contributed by atoms with E-state index in [4.69, 9.17) is 5.73 Å². The number of carbonyl (C=O) groups is 1. The zero-order chi connectivity index (χ0) is 8.27. The van der Waals surface area contributed by atoms with Gasteiger partial charge in [-0.05, 0) is 26.3 Å². The van der Waals surface area contributed by atoms with Crippen LogP contribution in [0.1, 0.15) is 26.2 Å². The Kier molecular flexibility index (Phi) is 2.88. The predicted molar refractivity (Wildman–Crippen MR) is 44.1 cm³/mol. The first-order valence-corrected chi connectivity index (χ1v) is 4.22. The quantitative estimate of drug-likeness (QED) is 0.627. The Morgan fingerprint density at radius 2 is 2.36 bits per heavy atom. The van der Waals surface area contributed by atoms with Crippen molar-refractivity contribution in [3.8, 4) is 0 Å². The van der Waals surface area contributed by atoms with Crippen molar-refractivity contribution in [3.63, 3.8) is 0 Å². The lowest BCUT2D eigenvalue weighted by atomic mass is 10.0. The fourth-order valence-corrected chi connectivity index (χ4v) is 1.59. The number of nitrogens with zero attached hydrogens (tertiary/aromatic N) is 1. The van der Waals surface area contributed by atoms with Gasteiger partial charge in [-0.3, -0.25) is 9.69 Å². The molecule has 1 unspecified atom stereocenters. The Balaban J connectivity index is 2.35. The van der Waals surface area contributed by atoms with Gasteiger partial charge in [-0.15, -0.1) is 0 Å². The van der Waals surface area contributed by atoms with Crippen LogP contribution in [0, 0.1) is 0 Å². The molecule has 0 aromatic carbocycles. The van der Waals surface area contributed by atoms with Crippen LogP contribution in [0.5, 0.6) is 0 Å². The molecule has 1 atom stereocenters. The Labute approximate surface area is 67.5 Å². The first kappa shape index (κ1) is 8.53. The van der Waals surface area contributed by atoms with Crippen molar-refractivity contribution in [2.24, 2.45) is 5.73 Å². The summed E-state index contributed by atoms with van der Waals surface area (Å²) < 4.78 is 0. The van der Waals surface area contributed by atoms with E-state index in [2.05, 4.69) is 11.8 Å². The van der Waals surface area contributed by atoms with Gasteiger partial charge in [0.05, 0.1) is 6.54 Å². The van der Waals surface area contributed by atoms with Crippen LogP contribution in [-0.2, 0) is 4.79 Å². The number of primary amides is 1. The Morgan fingerprint density at radius 1 is 1.64 bits per heavy atom. The molecule has 3 nitrogen and oxygen atoms in total. The fraction of sp³-hybridized carbons (Fsp3) is 0.875. The Bertz CT molecular complexity index is 147. The van der Waals surface area contributed by atoms with E-state index >= 15 is 0 Å². The normalized spacial score (nSPS) is 26.8. The van der Waals surface area contributed by atoms with Gasteiger partial charge in [-0.1, -0.05) is 6.42 Å². The molecule has 1 saturated heterocycles. The summed E-state index contributed by atoms with van der Waals surface area (Å²) in [5, 5.41) is 0. The SMILES string of the molecule is CC1CCCCN1CC(N)=O. The minimum atomic E-state index is -0.209. The van der Waals surface area contributed by atoms with E-state index < -0.39 is 0 Å². The number of carbonyl (C=O) groups excluding carboxylic acids is 1. The van der Waals surface area contributed by atoms with E-state index in [1.165, 1.54) is 19.3 Å². The lowest BCUT2D eigenvalue weighted by Crippen LogP contribution is -2.42. The van der Waals surface area contributed by atoms with Crippen molar-refractivity contribution < 1.29 is 4.79 Å². The summed E-state index contributed by atoms with van der Waals surface area (Å²) in [6.07, 6.45) is 3.70. The van der Waals surface area contributed by atoms with Gasteiger partial charge in [-0.2, -0.15) is 0 Å². The summed E-state index contributed by atoms with van der Waals surface area (Å²) >= 11 is 0. The third kappa shape index (κ3) is 2.50. The van der Waals surface area contributed by atoms with E-state index in [0.717, 1.165) is 6.54 Å². The summed E-state index contributed by atoms with van der Waals surface area (Å²) in [6, 6.07) is 0.538. The second kappa shape index (κ2) is 3.72. The number of piperidine rings is 1. The minimum Gasteiger partial charge on any atom is -0.369 e. The average molecular weight is 156 g/mol. The molecule has 1 aliphatic rings. The van der Waals surface area contributed by atoms with Crippen LogP contribution in [0.15, 0.2) is 0 Å². The summed E-state index contributed by atoms with van der Waals surface area (Å²) in [5.74, 6) is -0.209.